The highest BCUT2D eigenvalue weighted by Gasteiger charge is 2.25. The van der Waals surface area contributed by atoms with E-state index in [2.05, 4.69) is 25.7 Å². The number of hydrogen-bond donors (Lipinski definition) is 1. The van der Waals surface area contributed by atoms with Crippen LogP contribution in [-0.4, -0.2) is 28.7 Å². The number of aromatic nitrogens is 1. The lowest BCUT2D eigenvalue weighted by Gasteiger charge is -2.04. The molecule has 124 valence electrons. The van der Waals surface area contributed by atoms with Crippen LogP contribution in [0.25, 0.3) is 5.57 Å². The first-order valence-electron chi connectivity index (χ1n) is 6.85. The number of carbonyl (C=O) groups excluding carboxylic acids is 2. The summed E-state index contributed by atoms with van der Waals surface area (Å²) in [5.41, 5.74) is 0.316. The van der Waals surface area contributed by atoms with Crippen molar-refractivity contribution >= 4 is 56.9 Å². The second-order valence-electron chi connectivity index (χ2n) is 4.95. The lowest BCUT2D eigenvalue weighted by Crippen LogP contribution is -2.22. The Kier molecular flexibility index (Phi) is 4.66. The summed E-state index contributed by atoms with van der Waals surface area (Å²) < 4.78 is 7.18. The normalized spacial score (nSPS) is 12.9. The van der Waals surface area contributed by atoms with Gasteiger partial charge in [-0.15, -0.1) is 11.3 Å². The molecule has 1 aliphatic heterocycles. The number of fused-ring (bicyclic) bond motifs is 1. The van der Waals surface area contributed by atoms with Gasteiger partial charge in [0.05, 0.1) is 24.5 Å². The molecule has 1 aromatic carbocycles. The SMILES string of the molecule is COC(=O)CCn1c(O)c(C2=c3cc(Br)ccc3=NC2=O)sc1=S. The molecular weight excluding hydrogens is 416 g/mol. The van der Waals surface area contributed by atoms with Gasteiger partial charge in [-0.2, -0.15) is 0 Å². The first-order chi connectivity index (χ1) is 11.4. The standard InChI is InChI=1S/C15H11BrN2O4S2/c1-22-10(19)4-5-18-14(21)12(24-15(18)23)11-8-6-7(16)2-3-9(8)17-13(11)20/h2-3,6,21H,4-5H2,1H3. The van der Waals surface area contributed by atoms with Gasteiger partial charge in [-0.25, -0.2) is 4.99 Å². The number of thiazole rings is 1. The van der Waals surface area contributed by atoms with Gasteiger partial charge in [0.25, 0.3) is 5.91 Å². The minimum atomic E-state index is -0.422. The topological polar surface area (TPSA) is 80.9 Å². The van der Waals surface area contributed by atoms with Crippen LogP contribution in [0.1, 0.15) is 11.3 Å². The zero-order valence-electron chi connectivity index (χ0n) is 12.4. The Morgan fingerprint density at radius 1 is 1.50 bits per heavy atom. The van der Waals surface area contributed by atoms with E-state index in [0.29, 0.717) is 25.0 Å². The molecule has 1 aliphatic rings. The summed E-state index contributed by atoms with van der Waals surface area (Å²) >= 11 is 9.73. The van der Waals surface area contributed by atoms with E-state index >= 15 is 0 Å². The maximum absolute atomic E-state index is 12.3. The fraction of sp³-hybridized carbons (Fsp3) is 0.200. The fourth-order valence-corrected chi connectivity index (χ4v) is 4.12. The second kappa shape index (κ2) is 6.58. The number of benzene rings is 1. The van der Waals surface area contributed by atoms with E-state index in [-0.39, 0.29) is 18.8 Å². The number of aromatic hydroxyl groups is 1. The summed E-state index contributed by atoms with van der Waals surface area (Å²) in [6.07, 6.45) is 0.0737. The smallest absolute Gasteiger partial charge is 0.307 e. The van der Waals surface area contributed by atoms with Crippen LogP contribution < -0.4 is 10.6 Å². The Balaban J connectivity index is 2.13. The first kappa shape index (κ1) is 17.0. The van der Waals surface area contributed by atoms with E-state index in [0.717, 1.165) is 15.8 Å². The summed E-state index contributed by atoms with van der Waals surface area (Å²) in [6, 6.07) is 5.30. The average molecular weight is 427 g/mol. The number of ether oxygens (including phenoxy) is 1. The molecule has 6 nitrogen and oxygen atoms in total. The molecule has 1 aromatic heterocycles. The predicted molar refractivity (Wildman–Crippen MR) is 93.9 cm³/mol. The molecule has 0 saturated heterocycles. The summed E-state index contributed by atoms with van der Waals surface area (Å²) in [6.45, 7) is 0.178. The van der Waals surface area contributed by atoms with Crippen LogP contribution in [0.4, 0.5) is 0 Å². The Morgan fingerprint density at radius 3 is 2.96 bits per heavy atom. The zero-order valence-corrected chi connectivity index (χ0v) is 15.6. The summed E-state index contributed by atoms with van der Waals surface area (Å²) in [7, 11) is 1.30. The van der Waals surface area contributed by atoms with E-state index < -0.39 is 11.9 Å². The van der Waals surface area contributed by atoms with Crippen molar-refractivity contribution in [2.75, 3.05) is 7.11 Å². The van der Waals surface area contributed by atoms with Gasteiger partial charge in [-0.05, 0) is 30.4 Å². The predicted octanol–water partition coefficient (Wildman–Crippen LogP) is 1.67. The van der Waals surface area contributed by atoms with Crippen molar-refractivity contribution in [3.8, 4) is 5.88 Å². The largest absolute Gasteiger partial charge is 0.493 e. The van der Waals surface area contributed by atoms with Crippen molar-refractivity contribution < 1.29 is 19.4 Å². The Morgan fingerprint density at radius 2 is 2.25 bits per heavy atom. The number of rotatable bonds is 4. The van der Waals surface area contributed by atoms with Crippen molar-refractivity contribution in [3.05, 3.63) is 42.1 Å². The van der Waals surface area contributed by atoms with Crippen LogP contribution >= 0.6 is 39.5 Å². The third-order valence-electron chi connectivity index (χ3n) is 3.53. The Hall–Kier alpha value is -1.84. The molecule has 0 bridgehead atoms. The van der Waals surface area contributed by atoms with Gasteiger partial charge in [-0.3, -0.25) is 14.2 Å². The molecule has 1 amide bonds. The number of amides is 1. The van der Waals surface area contributed by atoms with Crippen LogP contribution in [0.15, 0.2) is 27.7 Å². The summed E-state index contributed by atoms with van der Waals surface area (Å²) in [5, 5.41) is 11.7. The van der Waals surface area contributed by atoms with E-state index in [1.807, 2.05) is 0 Å². The molecule has 0 spiro atoms. The molecule has 0 fully saturated rings. The third-order valence-corrected chi connectivity index (χ3v) is 5.48. The number of hydrogen-bond acceptors (Lipinski definition) is 6. The van der Waals surface area contributed by atoms with Crippen molar-refractivity contribution in [2.24, 2.45) is 4.99 Å². The molecule has 0 aliphatic carbocycles. The third kappa shape index (κ3) is 2.94. The molecule has 1 N–H and O–H groups in total. The van der Waals surface area contributed by atoms with Crippen LogP contribution in [0, 0.1) is 3.95 Å². The molecule has 9 heteroatoms. The highest BCUT2D eigenvalue weighted by Crippen LogP contribution is 2.32. The van der Waals surface area contributed by atoms with E-state index in [9.17, 15) is 14.7 Å². The minimum absolute atomic E-state index is 0.0737. The van der Waals surface area contributed by atoms with Crippen molar-refractivity contribution in [1.29, 1.82) is 0 Å². The number of esters is 1. The molecule has 3 rings (SSSR count). The molecule has 0 atom stereocenters. The van der Waals surface area contributed by atoms with Gasteiger partial charge in [0.15, 0.2) is 3.95 Å². The Bertz CT molecular complexity index is 1040. The number of halogens is 1. The fourth-order valence-electron chi connectivity index (χ4n) is 2.37. The minimum Gasteiger partial charge on any atom is -0.493 e. The molecule has 0 saturated carbocycles. The maximum atomic E-state index is 12.3. The van der Waals surface area contributed by atoms with Crippen LogP contribution in [0.2, 0.25) is 0 Å². The molecule has 24 heavy (non-hydrogen) atoms. The van der Waals surface area contributed by atoms with Gasteiger partial charge >= 0.3 is 5.97 Å². The lowest BCUT2D eigenvalue weighted by atomic mass is 10.1. The molecule has 2 heterocycles. The number of carbonyl (C=O) groups is 2. The van der Waals surface area contributed by atoms with E-state index in [4.69, 9.17) is 12.2 Å². The van der Waals surface area contributed by atoms with Gasteiger partial charge in [0.2, 0.25) is 5.88 Å². The van der Waals surface area contributed by atoms with E-state index in [1.165, 1.54) is 11.7 Å². The van der Waals surface area contributed by atoms with Crippen molar-refractivity contribution in [2.45, 2.75) is 13.0 Å². The van der Waals surface area contributed by atoms with Gasteiger partial charge in [0.1, 0.15) is 4.88 Å². The summed E-state index contributed by atoms with van der Waals surface area (Å²) in [4.78, 5) is 27.9. The van der Waals surface area contributed by atoms with Crippen molar-refractivity contribution in [3.63, 3.8) is 0 Å². The summed E-state index contributed by atoms with van der Waals surface area (Å²) in [5.74, 6) is -0.965. The number of methoxy groups -OCH3 is 1. The number of nitrogens with zero attached hydrogens (tertiary/aromatic N) is 2. The molecule has 0 unspecified atom stereocenters. The highest BCUT2D eigenvalue weighted by atomic mass is 79.9. The molecular formula is C15H11BrN2O4S2. The van der Waals surface area contributed by atoms with Gasteiger partial charge in [0, 0.05) is 16.2 Å². The maximum Gasteiger partial charge on any atom is 0.307 e. The highest BCUT2D eigenvalue weighted by molar-refractivity contribution is 9.10. The van der Waals surface area contributed by atoms with Crippen molar-refractivity contribution in [1.82, 2.24) is 4.57 Å². The van der Waals surface area contributed by atoms with Crippen LogP contribution in [0.3, 0.4) is 0 Å². The monoisotopic (exact) mass is 426 g/mol. The van der Waals surface area contributed by atoms with E-state index in [1.54, 1.807) is 18.2 Å². The quantitative estimate of drug-likeness (QED) is 0.593. The first-order valence-corrected chi connectivity index (χ1v) is 8.87. The van der Waals surface area contributed by atoms with Crippen LogP contribution in [-0.2, 0) is 20.9 Å². The second-order valence-corrected chi connectivity index (χ2v) is 7.51. The van der Waals surface area contributed by atoms with Gasteiger partial charge in [-0.1, -0.05) is 15.9 Å². The van der Waals surface area contributed by atoms with Gasteiger partial charge < -0.3 is 9.84 Å². The molecule has 0 radical (unpaired) electrons. The zero-order chi connectivity index (χ0) is 17.4. The lowest BCUT2D eigenvalue weighted by molar-refractivity contribution is -0.140. The Labute approximate surface area is 153 Å². The van der Waals surface area contributed by atoms with Crippen LogP contribution in [0.5, 0.6) is 5.88 Å². The average Bonchev–Trinajstić information content (AvgIpc) is 3.00. The molecule has 2 aromatic rings.